The zero-order valence-electron chi connectivity index (χ0n) is 10.2. The second kappa shape index (κ2) is 4.51. The summed E-state index contributed by atoms with van der Waals surface area (Å²) in [4.78, 5) is 17.1. The second-order valence-electron chi connectivity index (χ2n) is 4.78. The highest BCUT2D eigenvalue weighted by Crippen LogP contribution is 2.22. The number of aromatic nitrogens is 1. The van der Waals surface area contributed by atoms with Crippen molar-refractivity contribution >= 4 is 11.8 Å². The highest BCUT2D eigenvalue weighted by Gasteiger charge is 2.27. The summed E-state index contributed by atoms with van der Waals surface area (Å²) in [6.45, 7) is 3.43. The lowest BCUT2D eigenvalue weighted by atomic mass is 9.86. The summed E-state index contributed by atoms with van der Waals surface area (Å²) in [7, 11) is 3.84. The van der Waals surface area contributed by atoms with Crippen molar-refractivity contribution in [2.45, 2.75) is 20.3 Å². The van der Waals surface area contributed by atoms with Gasteiger partial charge in [-0.05, 0) is 31.9 Å². The standard InChI is InChI=1S/C12H18N2O2/c1-12(2,11(15)16)7-9-5-6-10(13-8-9)14(3)4/h5-6,8H,7H2,1-4H3,(H,15,16). The number of nitrogens with zero attached hydrogens (tertiary/aromatic N) is 2. The largest absolute Gasteiger partial charge is 0.481 e. The zero-order valence-corrected chi connectivity index (χ0v) is 10.2. The molecule has 4 nitrogen and oxygen atoms in total. The zero-order chi connectivity index (χ0) is 12.3. The van der Waals surface area contributed by atoms with E-state index in [1.165, 1.54) is 0 Å². The number of carboxylic acids is 1. The number of aliphatic carboxylic acids is 1. The Balaban J connectivity index is 2.80. The molecule has 0 radical (unpaired) electrons. The minimum Gasteiger partial charge on any atom is -0.481 e. The Bertz CT molecular complexity index is 369. The lowest BCUT2D eigenvalue weighted by molar-refractivity contribution is -0.146. The number of carboxylic acid groups (broad SMARTS) is 1. The first-order valence-electron chi connectivity index (χ1n) is 5.18. The molecule has 0 saturated heterocycles. The Morgan fingerprint density at radius 2 is 2.06 bits per heavy atom. The van der Waals surface area contributed by atoms with Gasteiger partial charge in [0.25, 0.3) is 0 Å². The first-order valence-corrected chi connectivity index (χ1v) is 5.18. The van der Waals surface area contributed by atoms with Crippen LogP contribution in [-0.2, 0) is 11.2 Å². The highest BCUT2D eigenvalue weighted by molar-refractivity contribution is 5.74. The number of pyridine rings is 1. The average Bonchev–Trinajstić information content (AvgIpc) is 2.17. The maximum Gasteiger partial charge on any atom is 0.309 e. The highest BCUT2D eigenvalue weighted by atomic mass is 16.4. The molecule has 4 heteroatoms. The van der Waals surface area contributed by atoms with Crippen molar-refractivity contribution in [2.24, 2.45) is 5.41 Å². The molecule has 0 aliphatic carbocycles. The molecule has 0 aliphatic heterocycles. The van der Waals surface area contributed by atoms with Crippen LogP contribution in [0.25, 0.3) is 0 Å². The van der Waals surface area contributed by atoms with Crippen LogP contribution in [0.1, 0.15) is 19.4 Å². The molecule has 0 fully saturated rings. The summed E-state index contributed by atoms with van der Waals surface area (Å²) in [6, 6.07) is 3.82. The number of hydrogen-bond acceptors (Lipinski definition) is 3. The molecular weight excluding hydrogens is 204 g/mol. The van der Waals surface area contributed by atoms with E-state index >= 15 is 0 Å². The smallest absolute Gasteiger partial charge is 0.309 e. The van der Waals surface area contributed by atoms with E-state index in [9.17, 15) is 4.79 Å². The summed E-state index contributed by atoms with van der Waals surface area (Å²) in [6.07, 6.45) is 2.23. The molecule has 1 aromatic rings. The average molecular weight is 222 g/mol. The molecule has 1 N–H and O–H groups in total. The lowest BCUT2D eigenvalue weighted by Gasteiger charge is -2.19. The monoisotopic (exact) mass is 222 g/mol. The van der Waals surface area contributed by atoms with Gasteiger partial charge in [-0.1, -0.05) is 6.07 Å². The fourth-order valence-corrected chi connectivity index (χ4v) is 1.37. The number of hydrogen-bond donors (Lipinski definition) is 1. The maximum atomic E-state index is 11.0. The number of carbonyl (C=O) groups is 1. The van der Waals surface area contributed by atoms with E-state index < -0.39 is 11.4 Å². The minimum atomic E-state index is -0.788. The van der Waals surface area contributed by atoms with Gasteiger partial charge in [0.1, 0.15) is 5.82 Å². The van der Waals surface area contributed by atoms with Crippen LogP contribution < -0.4 is 4.90 Å². The van der Waals surface area contributed by atoms with E-state index in [1.54, 1.807) is 20.0 Å². The summed E-state index contributed by atoms with van der Waals surface area (Å²) >= 11 is 0. The topological polar surface area (TPSA) is 53.4 Å². The minimum absolute atomic E-state index is 0.489. The predicted molar refractivity (Wildman–Crippen MR) is 63.7 cm³/mol. The molecular formula is C12H18N2O2. The van der Waals surface area contributed by atoms with Gasteiger partial charge in [0.15, 0.2) is 0 Å². The van der Waals surface area contributed by atoms with Gasteiger partial charge >= 0.3 is 5.97 Å². The molecule has 0 aromatic carbocycles. The predicted octanol–water partition coefficient (Wildman–Crippen LogP) is 1.80. The third-order valence-corrected chi connectivity index (χ3v) is 2.49. The third-order valence-electron chi connectivity index (χ3n) is 2.49. The Kier molecular flexibility index (Phi) is 3.52. The molecule has 0 bridgehead atoms. The van der Waals surface area contributed by atoms with Crippen LogP contribution in [0.4, 0.5) is 5.82 Å². The van der Waals surface area contributed by atoms with E-state index in [1.807, 2.05) is 31.1 Å². The van der Waals surface area contributed by atoms with Crippen LogP contribution in [-0.4, -0.2) is 30.2 Å². The Hall–Kier alpha value is -1.58. The molecule has 0 aliphatic rings. The van der Waals surface area contributed by atoms with Crippen molar-refractivity contribution in [1.29, 1.82) is 0 Å². The van der Waals surface area contributed by atoms with Gasteiger partial charge in [-0.2, -0.15) is 0 Å². The normalized spacial score (nSPS) is 11.2. The van der Waals surface area contributed by atoms with Crippen LogP contribution in [0.3, 0.4) is 0 Å². The van der Waals surface area contributed by atoms with Crippen LogP contribution in [0.2, 0.25) is 0 Å². The summed E-state index contributed by atoms with van der Waals surface area (Å²) in [5, 5.41) is 9.02. The quantitative estimate of drug-likeness (QED) is 0.844. The van der Waals surface area contributed by atoms with Gasteiger partial charge in [-0.3, -0.25) is 4.79 Å². The molecule has 0 spiro atoms. The summed E-state index contributed by atoms with van der Waals surface area (Å²) in [5.41, 5.74) is 0.194. The molecule has 16 heavy (non-hydrogen) atoms. The van der Waals surface area contributed by atoms with Crippen molar-refractivity contribution in [3.05, 3.63) is 23.9 Å². The van der Waals surface area contributed by atoms with Crippen LogP contribution in [0, 0.1) is 5.41 Å². The van der Waals surface area contributed by atoms with Gasteiger partial charge in [0, 0.05) is 20.3 Å². The summed E-state index contributed by atoms with van der Waals surface area (Å²) < 4.78 is 0. The van der Waals surface area contributed by atoms with Gasteiger partial charge in [0.05, 0.1) is 5.41 Å². The van der Waals surface area contributed by atoms with E-state index in [4.69, 9.17) is 5.11 Å². The van der Waals surface area contributed by atoms with Crippen molar-refractivity contribution in [2.75, 3.05) is 19.0 Å². The first kappa shape index (κ1) is 12.5. The molecule has 1 aromatic heterocycles. The molecule has 88 valence electrons. The molecule has 0 amide bonds. The second-order valence-corrected chi connectivity index (χ2v) is 4.78. The van der Waals surface area contributed by atoms with Crippen LogP contribution >= 0.6 is 0 Å². The fourth-order valence-electron chi connectivity index (χ4n) is 1.37. The van der Waals surface area contributed by atoms with E-state index in [0.717, 1.165) is 11.4 Å². The molecule has 0 saturated carbocycles. The Labute approximate surface area is 95.9 Å². The van der Waals surface area contributed by atoms with Crippen molar-refractivity contribution in [1.82, 2.24) is 4.98 Å². The maximum absolute atomic E-state index is 11.0. The molecule has 0 unspecified atom stereocenters. The van der Waals surface area contributed by atoms with Crippen molar-refractivity contribution in [3.63, 3.8) is 0 Å². The number of anilines is 1. The number of rotatable bonds is 4. The van der Waals surface area contributed by atoms with Gasteiger partial charge < -0.3 is 10.0 Å². The lowest BCUT2D eigenvalue weighted by Crippen LogP contribution is -2.26. The van der Waals surface area contributed by atoms with Crippen molar-refractivity contribution in [3.8, 4) is 0 Å². The van der Waals surface area contributed by atoms with Crippen LogP contribution in [0.15, 0.2) is 18.3 Å². The summed E-state index contributed by atoms with van der Waals surface area (Å²) in [5.74, 6) is 0.0843. The molecule has 0 atom stereocenters. The first-order chi connectivity index (χ1) is 7.33. The van der Waals surface area contributed by atoms with E-state index in [0.29, 0.717) is 6.42 Å². The van der Waals surface area contributed by atoms with Crippen LogP contribution in [0.5, 0.6) is 0 Å². The van der Waals surface area contributed by atoms with Crippen molar-refractivity contribution < 1.29 is 9.90 Å². The molecule has 1 rings (SSSR count). The Morgan fingerprint density at radius 1 is 1.44 bits per heavy atom. The van der Waals surface area contributed by atoms with Gasteiger partial charge in [-0.15, -0.1) is 0 Å². The molecule has 1 heterocycles. The van der Waals surface area contributed by atoms with Gasteiger partial charge in [-0.25, -0.2) is 4.98 Å². The van der Waals surface area contributed by atoms with E-state index in [2.05, 4.69) is 4.98 Å². The van der Waals surface area contributed by atoms with Gasteiger partial charge in [0.2, 0.25) is 0 Å². The fraction of sp³-hybridized carbons (Fsp3) is 0.500. The Morgan fingerprint density at radius 3 is 2.44 bits per heavy atom. The SMILES string of the molecule is CN(C)c1ccc(CC(C)(C)C(=O)O)cn1. The van der Waals surface area contributed by atoms with E-state index in [-0.39, 0.29) is 0 Å². The third kappa shape index (κ3) is 2.95.